The maximum atomic E-state index is 6.48. The molecule has 2 heterocycles. The molecule has 0 saturated heterocycles. The Hall–Kier alpha value is -6.39. The van der Waals surface area contributed by atoms with Crippen LogP contribution >= 0.6 is 0 Å². The second-order valence-corrected chi connectivity index (χ2v) is 12.8. The molecule has 230 valence electrons. The van der Waals surface area contributed by atoms with Gasteiger partial charge in [0.15, 0.2) is 11.6 Å². The zero-order chi connectivity index (χ0) is 32.3. The summed E-state index contributed by atoms with van der Waals surface area (Å²) >= 11 is 0. The van der Waals surface area contributed by atoms with Crippen molar-refractivity contribution in [3.63, 3.8) is 0 Å². The van der Waals surface area contributed by atoms with E-state index in [0.717, 1.165) is 61.8 Å². The third kappa shape index (κ3) is 4.72. The van der Waals surface area contributed by atoms with Crippen LogP contribution in [0.4, 0.5) is 0 Å². The molecule has 0 aliphatic heterocycles. The molecule has 0 spiro atoms. The lowest BCUT2D eigenvalue weighted by atomic mass is 9.86. The van der Waals surface area contributed by atoms with E-state index in [1.54, 1.807) is 0 Å². The van der Waals surface area contributed by atoms with Crippen LogP contribution in [0.5, 0.6) is 0 Å². The zero-order valence-electron chi connectivity index (χ0n) is 26.5. The van der Waals surface area contributed by atoms with Crippen molar-refractivity contribution in [2.45, 2.75) is 12.3 Å². The molecule has 2 aromatic heterocycles. The average molecular weight is 628 g/mol. The summed E-state index contributed by atoms with van der Waals surface area (Å²) in [5.41, 5.74) is 8.40. The minimum Gasteiger partial charge on any atom is -0.456 e. The molecule has 0 N–H and O–H groups in total. The van der Waals surface area contributed by atoms with Gasteiger partial charge in [-0.3, -0.25) is 0 Å². The second kappa shape index (κ2) is 11.1. The maximum absolute atomic E-state index is 6.48. The number of aromatic nitrogens is 3. The molecule has 4 nitrogen and oxygen atoms in total. The summed E-state index contributed by atoms with van der Waals surface area (Å²) < 4.78 is 6.48. The van der Waals surface area contributed by atoms with Gasteiger partial charge in [-0.15, -0.1) is 0 Å². The summed E-state index contributed by atoms with van der Waals surface area (Å²) in [6, 6.07) is 50.9. The summed E-state index contributed by atoms with van der Waals surface area (Å²) in [5.74, 6) is 2.08. The Balaban J connectivity index is 1.15. The van der Waals surface area contributed by atoms with Crippen LogP contribution in [0.3, 0.4) is 0 Å². The van der Waals surface area contributed by atoms with Crippen LogP contribution in [0.1, 0.15) is 22.9 Å². The number of hydrogen-bond acceptors (Lipinski definition) is 4. The van der Waals surface area contributed by atoms with Crippen molar-refractivity contribution in [1.29, 1.82) is 0 Å². The molecule has 1 unspecified atom stereocenters. The Bertz CT molecular complexity index is 2760. The molecule has 0 amide bonds. The van der Waals surface area contributed by atoms with Gasteiger partial charge in [0.2, 0.25) is 0 Å². The number of hydrogen-bond donors (Lipinski definition) is 0. The van der Waals surface area contributed by atoms with Gasteiger partial charge in [-0.1, -0.05) is 133 Å². The zero-order valence-corrected chi connectivity index (χ0v) is 26.5. The van der Waals surface area contributed by atoms with Crippen molar-refractivity contribution in [1.82, 2.24) is 15.0 Å². The molecule has 49 heavy (non-hydrogen) atoms. The normalized spacial score (nSPS) is 14.2. The fourth-order valence-electron chi connectivity index (χ4n) is 7.37. The largest absolute Gasteiger partial charge is 0.456 e. The lowest BCUT2D eigenvalue weighted by Crippen LogP contribution is -2.12. The number of allylic oxidation sites excluding steroid dienone is 1. The van der Waals surface area contributed by atoms with Crippen LogP contribution in [-0.2, 0) is 6.42 Å². The van der Waals surface area contributed by atoms with Crippen LogP contribution in [0.2, 0.25) is 0 Å². The topological polar surface area (TPSA) is 51.8 Å². The molecule has 1 aliphatic rings. The highest BCUT2D eigenvalue weighted by atomic mass is 16.3. The second-order valence-electron chi connectivity index (χ2n) is 12.8. The standard InChI is InChI=1S/C45H29N3O/c1-2-9-28(10-3-1)32-21-24-38-41(27-32)49-40-16-8-15-39(42(38)40)45-47-43(34-20-17-29-11-4-5-13-31(29)25-34)46-44(48-45)35-22-23-37-33(26-35)19-18-30-12-6-7-14-36(30)37/h1-25,27,35H,26H2. The number of furan rings is 1. The predicted octanol–water partition coefficient (Wildman–Crippen LogP) is 11.4. The summed E-state index contributed by atoms with van der Waals surface area (Å²) in [5, 5.41) is 6.91. The lowest BCUT2D eigenvalue weighted by Gasteiger charge is -2.21. The van der Waals surface area contributed by atoms with E-state index in [9.17, 15) is 0 Å². The van der Waals surface area contributed by atoms with Gasteiger partial charge in [-0.05, 0) is 74.5 Å². The first-order chi connectivity index (χ1) is 24.2. The molecule has 10 rings (SSSR count). The quantitative estimate of drug-likeness (QED) is 0.195. The van der Waals surface area contributed by atoms with Crippen LogP contribution in [-0.4, -0.2) is 15.0 Å². The van der Waals surface area contributed by atoms with E-state index >= 15 is 0 Å². The summed E-state index contributed by atoms with van der Waals surface area (Å²) in [7, 11) is 0. The van der Waals surface area contributed by atoms with Gasteiger partial charge < -0.3 is 4.42 Å². The molecule has 1 aliphatic carbocycles. The number of nitrogens with zero attached hydrogens (tertiary/aromatic N) is 3. The molecule has 1 atom stereocenters. The third-order valence-electron chi connectivity index (χ3n) is 9.83. The first-order valence-electron chi connectivity index (χ1n) is 16.7. The van der Waals surface area contributed by atoms with Crippen LogP contribution in [0.15, 0.2) is 156 Å². The Labute approximate surface area is 283 Å². The van der Waals surface area contributed by atoms with E-state index in [1.165, 1.54) is 27.3 Å². The number of rotatable bonds is 4. The van der Waals surface area contributed by atoms with E-state index in [2.05, 4.69) is 140 Å². The van der Waals surface area contributed by atoms with E-state index in [1.807, 2.05) is 18.2 Å². The monoisotopic (exact) mass is 627 g/mol. The van der Waals surface area contributed by atoms with E-state index in [-0.39, 0.29) is 5.92 Å². The Morgan fingerprint density at radius 2 is 1.29 bits per heavy atom. The van der Waals surface area contributed by atoms with Gasteiger partial charge in [0.05, 0.1) is 0 Å². The molecule has 0 saturated carbocycles. The van der Waals surface area contributed by atoms with Gasteiger partial charge in [-0.2, -0.15) is 0 Å². The van der Waals surface area contributed by atoms with Crippen LogP contribution < -0.4 is 0 Å². The summed E-state index contributed by atoms with van der Waals surface area (Å²) in [6.07, 6.45) is 5.33. The average Bonchev–Trinajstić information content (AvgIpc) is 3.56. The van der Waals surface area contributed by atoms with Crippen molar-refractivity contribution < 1.29 is 4.42 Å². The number of benzene rings is 7. The molecule has 9 aromatic rings. The van der Waals surface area contributed by atoms with Crippen molar-refractivity contribution in [3.8, 4) is 33.9 Å². The first-order valence-corrected chi connectivity index (χ1v) is 16.7. The van der Waals surface area contributed by atoms with Crippen LogP contribution in [0.25, 0.3) is 83.5 Å². The van der Waals surface area contributed by atoms with Gasteiger partial charge in [-0.25, -0.2) is 15.0 Å². The van der Waals surface area contributed by atoms with Crippen molar-refractivity contribution >= 4 is 49.6 Å². The minimum absolute atomic E-state index is 0.00310. The molecular formula is C45H29N3O. The smallest absolute Gasteiger partial charge is 0.164 e. The lowest BCUT2D eigenvalue weighted by molar-refractivity contribution is 0.669. The minimum atomic E-state index is 0.00310. The van der Waals surface area contributed by atoms with Crippen LogP contribution in [0, 0.1) is 0 Å². The van der Waals surface area contributed by atoms with E-state index in [0.29, 0.717) is 11.6 Å². The Morgan fingerprint density at radius 1 is 0.510 bits per heavy atom. The highest BCUT2D eigenvalue weighted by Crippen LogP contribution is 2.39. The highest BCUT2D eigenvalue weighted by Gasteiger charge is 2.23. The molecule has 0 radical (unpaired) electrons. The summed E-state index contributed by atoms with van der Waals surface area (Å²) in [6.45, 7) is 0. The SMILES string of the molecule is C1=CC(c2nc(-c3ccc4ccccc4c3)nc(-c3cccc4oc5cc(-c6ccccc6)ccc5c34)n2)Cc2ccc3ccccc3c21. The predicted molar refractivity (Wildman–Crippen MR) is 200 cm³/mol. The van der Waals surface area contributed by atoms with E-state index in [4.69, 9.17) is 19.4 Å². The van der Waals surface area contributed by atoms with Gasteiger partial charge in [0, 0.05) is 27.8 Å². The molecule has 7 aromatic carbocycles. The Morgan fingerprint density at radius 3 is 2.20 bits per heavy atom. The molecule has 4 heteroatoms. The third-order valence-corrected chi connectivity index (χ3v) is 9.83. The maximum Gasteiger partial charge on any atom is 0.164 e. The molecular weight excluding hydrogens is 599 g/mol. The van der Waals surface area contributed by atoms with E-state index < -0.39 is 0 Å². The van der Waals surface area contributed by atoms with Gasteiger partial charge in [0.1, 0.15) is 17.0 Å². The van der Waals surface area contributed by atoms with Crippen molar-refractivity contribution in [2.75, 3.05) is 0 Å². The Kier molecular flexibility index (Phi) is 6.28. The molecule has 0 fully saturated rings. The number of fused-ring (bicyclic) bond motifs is 7. The molecule has 0 bridgehead atoms. The fraction of sp³-hybridized carbons (Fsp3) is 0.0444. The highest BCUT2D eigenvalue weighted by molar-refractivity contribution is 6.12. The first kappa shape index (κ1) is 27.7. The van der Waals surface area contributed by atoms with Gasteiger partial charge in [0.25, 0.3) is 0 Å². The fourth-order valence-corrected chi connectivity index (χ4v) is 7.37. The summed E-state index contributed by atoms with van der Waals surface area (Å²) in [4.78, 5) is 15.6. The van der Waals surface area contributed by atoms with Gasteiger partial charge >= 0.3 is 0 Å². The van der Waals surface area contributed by atoms with Crippen molar-refractivity contribution in [2.24, 2.45) is 0 Å². The van der Waals surface area contributed by atoms with Crippen molar-refractivity contribution in [3.05, 3.63) is 169 Å².